The second-order valence-electron chi connectivity index (χ2n) is 5.78. The SMILES string of the molecule is C#CCOc1cnc(C(=O)Nc2ccc(F)c(CNc3cccnc3N)c2)cn1. The Hall–Kier alpha value is -4.19. The maximum absolute atomic E-state index is 14.1. The molecule has 0 saturated carbocycles. The van der Waals surface area contributed by atoms with Gasteiger partial charge in [-0.15, -0.1) is 6.42 Å². The molecule has 146 valence electrons. The molecule has 3 rings (SSSR count). The van der Waals surface area contributed by atoms with Crippen LogP contribution in [0.2, 0.25) is 0 Å². The topological polar surface area (TPSA) is 115 Å². The number of hydrogen-bond acceptors (Lipinski definition) is 7. The minimum atomic E-state index is -0.497. The molecule has 0 spiro atoms. The molecule has 2 heterocycles. The second-order valence-corrected chi connectivity index (χ2v) is 5.78. The Kier molecular flexibility index (Phi) is 6.17. The summed E-state index contributed by atoms with van der Waals surface area (Å²) < 4.78 is 19.2. The maximum atomic E-state index is 14.1. The lowest BCUT2D eigenvalue weighted by Crippen LogP contribution is -2.15. The van der Waals surface area contributed by atoms with Crippen molar-refractivity contribution >= 4 is 23.1 Å². The van der Waals surface area contributed by atoms with Crippen LogP contribution in [0.3, 0.4) is 0 Å². The largest absolute Gasteiger partial charge is 0.463 e. The van der Waals surface area contributed by atoms with Crippen LogP contribution in [0.4, 0.5) is 21.6 Å². The first-order valence-electron chi connectivity index (χ1n) is 8.49. The van der Waals surface area contributed by atoms with E-state index in [-0.39, 0.29) is 24.7 Å². The highest BCUT2D eigenvalue weighted by Crippen LogP contribution is 2.19. The van der Waals surface area contributed by atoms with Gasteiger partial charge in [-0.2, -0.15) is 0 Å². The third-order valence-electron chi connectivity index (χ3n) is 3.78. The van der Waals surface area contributed by atoms with Crippen LogP contribution in [0.25, 0.3) is 0 Å². The number of hydrogen-bond donors (Lipinski definition) is 3. The van der Waals surface area contributed by atoms with E-state index in [0.717, 1.165) is 0 Å². The van der Waals surface area contributed by atoms with Crippen LogP contribution in [0, 0.1) is 18.2 Å². The molecule has 0 atom stereocenters. The van der Waals surface area contributed by atoms with E-state index in [0.29, 0.717) is 22.8 Å². The highest BCUT2D eigenvalue weighted by Gasteiger charge is 2.11. The minimum absolute atomic E-state index is 0.0529. The number of rotatable bonds is 7. The van der Waals surface area contributed by atoms with Crippen molar-refractivity contribution in [2.24, 2.45) is 0 Å². The smallest absolute Gasteiger partial charge is 0.275 e. The molecule has 0 bridgehead atoms. The molecule has 29 heavy (non-hydrogen) atoms. The zero-order chi connectivity index (χ0) is 20.6. The molecule has 0 fully saturated rings. The maximum Gasteiger partial charge on any atom is 0.275 e. The number of carbonyl (C=O) groups excluding carboxylic acids is 1. The Balaban J connectivity index is 1.66. The number of terminal acetylenes is 1. The van der Waals surface area contributed by atoms with E-state index >= 15 is 0 Å². The summed E-state index contributed by atoms with van der Waals surface area (Å²) in [6, 6.07) is 7.69. The fraction of sp³-hybridized carbons (Fsp3) is 0.100. The van der Waals surface area contributed by atoms with Crippen molar-refractivity contribution in [2.75, 3.05) is 23.0 Å². The van der Waals surface area contributed by atoms with Gasteiger partial charge in [-0.25, -0.2) is 19.3 Å². The van der Waals surface area contributed by atoms with Crippen LogP contribution >= 0.6 is 0 Å². The van der Waals surface area contributed by atoms with Gasteiger partial charge in [0.25, 0.3) is 5.91 Å². The van der Waals surface area contributed by atoms with Crippen molar-refractivity contribution in [3.8, 4) is 18.2 Å². The molecule has 1 amide bonds. The lowest BCUT2D eigenvalue weighted by Gasteiger charge is -2.11. The lowest BCUT2D eigenvalue weighted by molar-refractivity contribution is 0.102. The zero-order valence-electron chi connectivity index (χ0n) is 15.2. The normalized spacial score (nSPS) is 10.1. The van der Waals surface area contributed by atoms with Gasteiger partial charge >= 0.3 is 0 Å². The average molecular weight is 392 g/mol. The van der Waals surface area contributed by atoms with Gasteiger partial charge in [0, 0.05) is 24.0 Å². The molecule has 9 heteroatoms. The molecule has 0 aliphatic heterocycles. The van der Waals surface area contributed by atoms with Crippen LogP contribution in [0.5, 0.6) is 5.88 Å². The van der Waals surface area contributed by atoms with Crippen molar-refractivity contribution in [3.63, 3.8) is 0 Å². The van der Waals surface area contributed by atoms with Gasteiger partial charge in [0.15, 0.2) is 6.61 Å². The average Bonchev–Trinajstić information content (AvgIpc) is 2.74. The number of anilines is 3. The highest BCUT2D eigenvalue weighted by atomic mass is 19.1. The molecule has 0 aliphatic carbocycles. The van der Waals surface area contributed by atoms with Gasteiger partial charge in [-0.05, 0) is 30.3 Å². The Morgan fingerprint density at radius 1 is 1.24 bits per heavy atom. The number of carbonyl (C=O) groups is 1. The van der Waals surface area contributed by atoms with Gasteiger partial charge in [0.2, 0.25) is 5.88 Å². The van der Waals surface area contributed by atoms with E-state index in [4.69, 9.17) is 16.9 Å². The van der Waals surface area contributed by atoms with E-state index in [2.05, 4.69) is 31.5 Å². The molecular weight excluding hydrogens is 375 g/mol. The molecule has 1 aromatic carbocycles. The summed E-state index contributed by atoms with van der Waals surface area (Å²) in [7, 11) is 0. The quantitative estimate of drug-likeness (QED) is 0.529. The number of nitrogens with one attached hydrogen (secondary N) is 2. The molecule has 2 aromatic heterocycles. The van der Waals surface area contributed by atoms with Crippen molar-refractivity contribution in [1.82, 2.24) is 15.0 Å². The predicted octanol–water partition coefficient (Wildman–Crippen LogP) is 2.47. The van der Waals surface area contributed by atoms with E-state index in [1.165, 1.54) is 30.6 Å². The van der Waals surface area contributed by atoms with Crippen LogP contribution in [-0.2, 0) is 6.54 Å². The third kappa shape index (κ3) is 5.17. The number of nitrogen functional groups attached to an aromatic ring is 1. The molecule has 0 unspecified atom stereocenters. The van der Waals surface area contributed by atoms with Crippen LogP contribution in [-0.4, -0.2) is 27.5 Å². The van der Waals surface area contributed by atoms with E-state index in [1.807, 2.05) is 0 Å². The van der Waals surface area contributed by atoms with Gasteiger partial charge in [0.05, 0.1) is 18.1 Å². The Labute approximate surface area is 166 Å². The Morgan fingerprint density at radius 2 is 2.10 bits per heavy atom. The summed E-state index contributed by atoms with van der Waals surface area (Å²) in [5.41, 5.74) is 7.17. The molecule has 3 aromatic rings. The first-order valence-corrected chi connectivity index (χ1v) is 8.49. The molecule has 0 saturated heterocycles. The number of amides is 1. The van der Waals surface area contributed by atoms with Gasteiger partial charge in [0.1, 0.15) is 17.3 Å². The third-order valence-corrected chi connectivity index (χ3v) is 3.78. The fourth-order valence-corrected chi connectivity index (χ4v) is 2.36. The van der Waals surface area contributed by atoms with E-state index < -0.39 is 11.7 Å². The molecule has 0 radical (unpaired) electrons. The summed E-state index contributed by atoms with van der Waals surface area (Å²) >= 11 is 0. The Morgan fingerprint density at radius 3 is 2.83 bits per heavy atom. The zero-order valence-corrected chi connectivity index (χ0v) is 15.2. The number of pyridine rings is 1. The van der Waals surface area contributed by atoms with Crippen LogP contribution in [0.15, 0.2) is 48.9 Å². The van der Waals surface area contributed by atoms with Gasteiger partial charge in [-0.1, -0.05) is 5.92 Å². The summed E-state index contributed by atoms with van der Waals surface area (Å²) in [5.74, 6) is 1.91. The van der Waals surface area contributed by atoms with Crippen molar-refractivity contribution in [3.05, 3.63) is 66.0 Å². The molecular formula is C20H17FN6O2. The number of nitrogens with zero attached hydrogens (tertiary/aromatic N) is 3. The molecule has 0 aliphatic rings. The minimum Gasteiger partial charge on any atom is -0.463 e. The van der Waals surface area contributed by atoms with E-state index in [9.17, 15) is 9.18 Å². The lowest BCUT2D eigenvalue weighted by atomic mass is 10.1. The highest BCUT2D eigenvalue weighted by molar-refractivity contribution is 6.02. The fourth-order valence-electron chi connectivity index (χ4n) is 2.36. The molecule has 8 nitrogen and oxygen atoms in total. The number of aromatic nitrogens is 3. The van der Waals surface area contributed by atoms with Gasteiger partial charge in [-0.3, -0.25) is 4.79 Å². The Bertz CT molecular complexity index is 1050. The summed E-state index contributed by atoms with van der Waals surface area (Å²) in [5, 5.41) is 5.67. The number of nitrogens with two attached hydrogens (primary N) is 1. The standard InChI is InChI=1S/C20H17FN6O2/c1-2-8-29-18-12-25-17(11-26-18)20(28)27-14-5-6-15(21)13(9-14)10-24-16-4-3-7-23-19(16)22/h1,3-7,9,11-12,24H,8,10H2,(H2,22,23)(H,27,28). The van der Waals surface area contributed by atoms with Crippen molar-refractivity contribution < 1.29 is 13.9 Å². The van der Waals surface area contributed by atoms with Crippen LogP contribution in [0.1, 0.15) is 16.1 Å². The second kappa shape index (κ2) is 9.14. The first-order chi connectivity index (χ1) is 14.1. The monoisotopic (exact) mass is 392 g/mol. The predicted molar refractivity (Wildman–Crippen MR) is 107 cm³/mol. The number of benzene rings is 1. The van der Waals surface area contributed by atoms with Crippen LogP contribution < -0.4 is 21.1 Å². The molecule has 4 N–H and O–H groups in total. The van der Waals surface area contributed by atoms with E-state index in [1.54, 1.807) is 18.3 Å². The van der Waals surface area contributed by atoms with Crippen molar-refractivity contribution in [2.45, 2.75) is 6.54 Å². The summed E-state index contributed by atoms with van der Waals surface area (Å²) in [6.45, 7) is 0.212. The number of ether oxygens (including phenoxy) is 1. The number of halogens is 1. The van der Waals surface area contributed by atoms with Crippen molar-refractivity contribution in [1.29, 1.82) is 0 Å². The summed E-state index contributed by atoms with van der Waals surface area (Å²) in [6.07, 6.45) is 9.22. The first kappa shape index (κ1) is 19.6. The summed E-state index contributed by atoms with van der Waals surface area (Å²) in [4.78, 5) is 24.2. The van der Waals surface area contributed by atoms with Gasteiger partial charge < -0.3 is 21.1 Å².